The van der Waals surface area contributed by atoms with Gasteiger partial charge >= 0.3 is 0 Å². The number of hydrogen-bond acceptors (Lipinski definition) is 4. The van der Waals surface area contributed by atoms with Gasteiger partial charge in [-0.1, -0.05) is 23.7 Å². The zero-order valence-electron chi connectivity index (χ0n) is 14.7. The van der Waals surface area contributed by atoms with Crippen LogP contribution in [-0.4, -0.2) is 31.6 Å². The van der Waals surface area contributed by atoms with Crippen molar-refractivity contribution in [3.05, 3.63) is 53.6 Å². The quantitative estimate of drug-likeness (QED) is 0.646. The largest absolute Gasteiger partial charge is 0.492 e. The highest BCUT2D eigenvalue weighted by Gasteiger charge is 2.29. The van der Waals surface area contributed by atoms with Crippen LogP contribution in [0.5, 0.6) is 11.5 Å². The number of amides is 2. The van der Waals surface area contributed by atoms with Gasteiger partial charge in [0.05, 0.1) is 6.54 Å². The van der Waals surface area contributed by atoms with Crippen molar-refractivity contribution in [1.29, 1.82) is 0 Å². The first-order valence-corrected chi connectivity index (χ1v) is 9.17. The van der Waals surface area contributed by atoms with Gasteiger partial charge in [-0.3, -0.25) is 9.59 Å². The van der Waals surface area contributed by atoms with Crippen molar-refractivity contribution >= 4 is 29.1 Å². The number of rotatable bonds is 9. The lowest BCUT2D eigenvalue weighted by Crippen LogP contribution is -2.32. The summed E-state index contributed by atoms with van der Waals surface area (Å²) >= 11 is 5.88. The van der Waals surface area contributed by atoms with Crippen LogP contribution < -0.4 is 20.1 Å². The Morgan fingerprint density at radius 2 is 1.78 bits per heavy atom. The molecule has 2 N–H and O–H groups in total. The summed E-state index contributed by atoms with van der Waals surface area (Å²) in [6, 6.07) is 14.1. The lowest BCUT2D eigenvalue weighted by atomic mass is 10.3. The average Bonchev–Trinajstić information content (AvgIpc) is 3.49. The smallest absolute Gasteiger partial charge is 0.258 e. The lowest BCUT2D eigenvalue weighted by molar-refractivity contribution is -0.123. The highest BCUT2D eigenvalue weighted by Crippen LogP contribution is 2.30. The van der Waals surface area contributed by atoms with Crippen molar-refractivity contribution in [2.45, 2.75) is 12.8 Å². The number of hydrogen-bond donors (Lipinski definition) is 2. The molecule has 1 fully saturated rings. The minimum absolute atomic E-state index is 0.0320. The fourth-order valence-corrected chi connectivity index (χ4v) is 2.55. The van der Waals surface area contributed by atoms with Crippen LogP contribution in [0.3, 0.4) is 0 Å². The van der Waals surface area contributed by atoms with Crippen molar-refractivity contribution < 1.29 is 19.1 Å². The van der Waals surface area contributed by atoms with Crippen LogP contribution >= 0.6 is 11.6 Å². The molecule has 3 rings (SSSR count). The standard InChI is InChI=1S/C20H21ClN2O4/c21-15-3-1-5-17(11-15)26-10-9-22-19(24)13-27-18-6-2-4-16(12-18)23-20(25)14-7-8-14/h1-6,11-12,14H,7-10,13H2,(H,22,24)(H,23,25). The van der Waals surface area contributed by atoms with E-state index in [1.54, 1.807) is 48.5 Å². The molecular weight excluding hydrogens is 368 g/mol. The Morgan fingerprint density at radius 3 is 2.52 bits per heavy atom. The molecule has 1 aliphatic rings. The number of benzene rings is 2. The molecule has 1 saturated carbocycles. The molecule has 0 bridgehead atoms. The topological polar surface area (TPSA) is 76.7 Å². The van der Waals surface area contributed by atoms with Gasteiger partial charge in [0.25, 0.3) is 5.91 Å². The molecule has 0 radical (unpaired) electrons. The first-order valence-electron chi connectivity index (χ1n) is 8.79. The normalized spacial score (nSPS) is 12.9. The summed E-state index contributed by atoms with van der Waals surface area (Å²) in [5.74, 6) is 1.09. The second kappa shape index (κ2) is 9.28. The molecule has 6 nitrogen and oxygen atoms in total. The number of ether oxygens (including phenoxy) is 2. The summed E-state index contributed by atoms with van der Waals surface area (Å²) in [5, 5.41) is 6.16. The van der Waals surface area contributed by atoms with Gasteiger partial charge in [0, 0.05) is 22.7 Å². The van der Waals surface area contributed by atoms with E-state index in [-0.39, 0.29) is 24.3 Å². The minimum Gasteiger partial charge on any atom is -0.492 e. The van der Waals surface area contributed by atoms with E-state index in [9.17, 15) is 9.59 Å². The Morgan fingerprint density at radius 1 is 1.04 bits per heavy atom. The second-order valence-corrected chi connectivity index (χ2v) is 6.67. The highest BCUT2D eigenvalue weighted by molar-refractivity contribution is 6.30. The van der Waals surface area contributed by atoms with E-state index in [0.717, 1.165) is 12.8 Å². The summed E-state index contributed by atoms with van der Waals surface area (Å²) in [7, 11) is 0. The van der Waals surface area contributed by atoms with Crippen LogP contribution in [0.1, 0.15) is 12.8 Å². The third-order valence-corrected chi connectivity index (χ3v) is 4.14. The van der Waals surface area contributed by atoms with Crippen molar-refractivity contribution in [2.24, 2.45) is 5.92 Å². The number of anilines is 1. The van der Waals surface area contributed by atoms with E-state index in [2.05, 4.69) is 10.6 Å². The van der Waals surface area contributed by atoms with Crippen molar-refractivity contribution in [2.75, 3.05) is 25.1 Å². The van der Waals surface area contributed by atoms with Gasteiger partial charge in [0.2, 0.25) is 5.91 Å². The van der Waals surface area contributed by atoms with Crippen molar-refractivity contribution in [1.82, 2.24) is 5.32 Å². The maximum absolute atomic E-state index is 11.9. The van der Waals surface area contributed by atoms with E-state index >= 15 is 0 Å². The van der Waals surface area contributed by atoms with Gasteiger partial charge < -0.3 is 20.1 Å². The van der Waals surface area contributed by atoms with E-state index in [1.807, 2.05) is 0 Å². The van der Waals surface area contributed by atoms with Crippen molar-refractivity contribution in [3.8, 4) is 11.5 Å². The molecule has 0 atom stereocenters. The maximum atomic E-state index is 11.9. The fraction of sp³-hybridized carbons (Fsp3) is 0.300. The summed E-state index contributed by atoms with van der Waals surface area (Å²) < 4.78 is 11.0. The van der Waals surface area contributed by atoms with E-state index < -0.39 is 0 Å². The molecule has 0 unspecified atom stereocenters. The van der Waals surface area contributed by atoms with Gasteiger partial charge in [-0.2, -0.15) is 0 Å². The first kappa shape index (κ1) is 19.0. The molecule has 0 heterocycles. The monoisotopic (exact) mass is 388 g/mol. The van der Waals surface area contributed by atoms with Gasteiger partial charge in [-0.15, -0.1) is 0 Å². The number of nitrogens with one attached hydrogen (secondary N) is 2. The van der Waals surface area contributed by atoms with Crippen LogP contribution in [0.4, 0.5) is 5.69 Å². The van der Waals surface area contributed by atoms with Crippen LogP contribution in [0, 0.1) is 5.92 Å². The minimum atomic E-state index is -0.253. The average molecular weight is 389 g/mol. The number of carbonyl (C=O) groups is 2. The molecule has 7 heteroatoms. The third kappa shape index (κ3) is 6.49. The molecule has 2 aromatic carbocycles. The summed E-state index contributed by atoms with van der Waals surface area (Å²) in [6.07, 6.45) is 1.90. The molecule has 0 aromatic heterocycles. The van der Waals surface area contributed by atoms with Crippen LogP contribution in [0.25, 0.3) is 0 Å². The molecule has 0 spiro atoms. The Bertz CT molecular complexity index is 808. The number of halogens is 1. The van der Waals surface area contributed by atoms with Crippen LogP contribution in [0.15, 0.2) is 48.5 Å². The van der Waals surface area contributed by atoms with E-state index in [1.165, 1.54) is 0 Å². The second-order valence-electron chi connectivity index (χ2n) is 6.24. The zero-order chi connectivity index (χ0) is 19.1. The molecule has 142 valence electrons. The lowest BCUT2D eigenvalue weighted by Gasteiger charge is -2.10. The summed E-state index contributed by atoms with van der Waals surface area (Å²) in [5.41, 5.74) is 0.666. The van der Waals surface area contributed by atoms with Crippen LogP contribution in [0.2, 0.25) is 5.02 Å². The molecule has 27 heavy (non-hydrogen) atoms. The SMILES string of the molecule is O=C(COc1cccc(NC(=O)C2CC2)c1)NCCOc1cccc(Cl)c1. The molecule has 0 saturated heterocycles. The van der Waals surface area contributed by atoms with Gasteiger partial charge in [0.15, 0.2) is 6.61 Å². The molecule has 2 aromatic rings. The fourth-order valence-electron chi connectivity index (χ4n) is 2.37. The van der Waals surface area contributed by atoms with E-state index in [4.69, 9.17) is 21.1 Å². The summed E-state index contributed by atoms with van der Waals surface area (Å²) in [6.45, 7) is 0.568. The number of carbonyl (C=O) groups excluding carboxylic acids is 2. The maximum Gasteiger partial charge on any atom is 0.258 e. The van der Waals surface area contributed by atoms with Gasteiger partial charge in [0.1, 0.15) is 18.1 Å². The Labute approximate surface area is 162 Å². The Kier molecular flexibility index (Phi) is 6.54. The first-order chi connectivity index (χ1) is 13.1. The summed E-state index contributed by atoms with van der Waals surface area (Å²) in [4.78, 5) is 23.6. The highest BCUT2D eigenvalue weighted by atomic mass is 35.5. The Hall–Kier alpha value is -2.73. The van der Waals surface area contributed by atoms with Crippen LogP contribution in [-0.2, 0) is 9.59 Å². The van der Waals surface area contributed by atoms with Gasteiger partial charge in [-0.05, 0) is 43.2 Å². The molecular formula is C20H21ClN2O4. The third-order valence-electron chi connectivity index (χ3n) is 3.91. The molecule has 1 aliphatic carbocycles. The molecule has 2 amide bonds. The zero-order valence-corrected chi connectivity index (χ0v) is 15.5. The Balaban J connectivity index is 1.35. The molecule has 0 aliphatic heterocycles. The predicted octanol–water partition coefficient (Wildman–Crippen LogP) is 3.26. The van der Waals surface area contributed by atoms with E-state index in [0.29, 0.717) is 35.4 Å². The predicted molar refractivity (Wildman–Crippen MR) is 103 cm³/mol. The van der Waals surface area contributed by atoms with Gasteiger partial charge in [-0.25, -0.2) is 0 Å². The van der Waals surface area contributed by atoms with Crippen molar-refractivity contribution in [3.63, 3.8) is 0 Å².